The van der Waals surface area contributed by atoms with E-state index in [1.54, 1.807) is 13.1 Å². The fraction of sp³-hybridized carbons (Fsp3) is 0.222. The molecule has 0 fully saturated rings. The van der Waals surface area contributed by atoms with Crippen molar-refractivity contribution >= 4 is 0 Å². The first kappa shape index (κ1) is 7.91. The fourth-order valence-electron chi connectivity index (χ4n) is 1.07. The van der Waals surface area contributed by atoms with Crippen molar-refractivity contribution in [2.24, 2.45) is 0 Å². The summed E-state index contributed by atoms with van der Waals surface area (Å²) in [5, 5.41) is 3.70. The molecule has 4 heteroatoms. The summed E-state index contributed by atoms with van der Waals surface area (Å²) in [5.41, 5.74) is 0.936. The molecule has 0 amide bonds. The maximum Gasteiger partial charge on any atom is 0.232 e. The van der Waals surface area contributed by atoms with Crippen molar-refractivity contribution in [3.05, 3.63) is 41.8 Å². The fourth-order valence-corrected chi connectivity index (χ4v) is 1.07. The minimum atomic E-state index is 0.599. The van der Waals surface area contributed by atoms with Crippen LogP contribution in [0.2, 0.25) is 0 Å². The molecule has 2 rings (SSSR count). The molecule has 0 N–H and O–H groups in total. The third-order valence-electron chi connectivity index (χ3n) is 1.63. The first-order valence-corrected chi connectivity index (χ1v) is 4.04. The van der Waals surface area contributed by atoms with Crippen molar-refractivity contribution in [3.63, 3.8) is 0 Å². The van der Waals surface area contributed by atoms with Crippen LogP contribution in [-0.4, -0.2) is 15.1 Å². The monoisotopic (exact) mass is 175 g/mol. The normalized spacial score (nSPS) is 10.2. The molecule has 0 saturated heterocycles. The van der Waals surface area contributed by atoms with Gasteiger partial charge in [0.05, 0.1) is 6.42 Å². The highest BCUT2D eigenvalue weighted by atomic mass is 16.5. The summed E-state index contributed by atoms with van der Waals surface area (Å²) >= 11 is 0. The van der Waals surface area contributed by atoms with Gasteiger partial charge in [-0.15, -0.1) is 0 Å². The first-order chi connectivity index (χ1) is 6.34. The van der Waals surface area contributed by atoms with E-state index in [9.17, 15) is 0 Å². The molecule has 0 aromatic carbocycles. The van der Waals surface area contributed by atoms with E-state index in [0.29, 0.717) is 18.1 Å². The minimum absolute atomic E-state index is 0.599. The number of hydrogen-bond donors (Lipinski definition) is 0. The summed E-state index contributed by atoms with van der Waals surface area (Å²) in [6, 6.07) is 5.74. The molecule has 2 aromatic heterocycles. The molecule has 0 unspecified atom stereocenters. The summed E-state index contributed by atoms with van der Waals surface area (Å²) in [7, 11) is 0. The molecule has 0 aliphatic heterocycles. The molecule has 2 heterocycles. The number of rotatable bonds is 2. The standard InChI is InChI=1S/C9H9N3O/c1-7-11-9(13-12-7)6-8-4-2-3-5-10-8/h2-5H,6H2,1H3. The molecular formula is C9H9N3O. The van der Waals surface area contributed by atoms with Gasteiger partial charge < -0.3 is 4.52 Å². The lowest BCUT2D eigenvalue weighted by atomic mass is 10.3. The Bertz CT molecular complexity index is 383. The van der Waals surface area contributed by atoms with Gasteiger partial charge >= 0.3 is 0 Å². The molecule has 0 aliphatic rings. The molecule has 66 valence electrons. The van der Waals surface area contributed by atoms with Gasteiger partial charge in [0.25, 0.3) is 0 Å². The molecular weight excluding hydrogens is 166 g/mol. The molecule has 0 atom stereocenters. The van der Waals surface area contributed by atoms with Gasteiger partial charge in [0.15, 0.2) is 5.82 Å². The van der Waals surface area contributed by atoms with E-state index >= 15 is 0 Å². The van der Waals surface area contributed by atoms with Crippen molar-refractivity contribution in [1.82, 2.24) is 15.1 Å². The molecule has 0 radical (unpaired) electrons. The molecule has 0 aliphatic carbocycles. The highest BCUT2D eigenvalue weighted by Gasteiger charge is 2.03. The lowest BCUT2D eigenvalue weighted by Gasteiger charge is -1.92. The average molecular weight is 175 g/mol. The Kier molecular flexibility index (Phi) is 2.04. The summed E-state index contributed by atoms with van der Waals surface area (Å²) in [6.45, 7) is 1.80. The minimum Gasteiger partial charge on any atom is -0.339 e. The zero-order chi connectivity index (χ0) is 9.10. The zero-order valence-corrected chi connectivity index (χ0v) is 7.27. The Labute approximate surface area is 75.6 Å². The van der Waals surface area contributed by atoms with Crippen LogP contribution in [0.25, 0.3) is 0 Å². The van der Waals surface area contributed by atoms with Crippen LogP contribution in [0, 0.1) is 6.92 Å². The van der Waals surface area contributed by atoms with Gasteiger partial charge in [0, 0.05) is 11.9 Å². The van der Waals surface area contributed by atoms with E-state index in [0.717, 1.165) is 5.69 Å². The number of aryl methyl sites for hydroxylation is 1. The van der Waals surface area contributed by atoms with Crippen molar-refractivity contribution in [2.45, 2.75) is 13.3 Å². The highest BCUT2D eigenvalue weighted by Crippen LogP contribution is 2.03. The Hall–Kier alpha value is -1.71. The second kappa shape index (κ2) is 3.35. The highest BCUT2D eigenvalue weighted by molar-refractivity contribution is 5.08. The van der Waals surface area contributed by atoms with Crippen molar-refractivity contribution in [3.8, 4) is 0 Å². The van der Waals surface area contributed by atoms with E-state index in [1.807, 2.05) is 18.2 Å². The van der Waals surface area contributed by atoms with Crippen molar-refractivity contribution < 1.29 is 4.52 Å². The van der Waals surface area contributed by atoms with Crippen LogP contribution < -0.4 is 0 Å². The number of hydrogen-bond acceptors (Lipinski definition) is 4. The molecule has 4 nitrogen and oxygen atoms in total. The summed E-state index contributed by atoms with van der Waals surface area (Å²) in [4.78, 5) is 8.24. The largest absolute Gasteiger partial charge is 0.339 e. The zero-order valence-electron chi connectivity index (χ0n) is 7.27. The summed E-state index contributed by atoms with van der Waals surface area (Å²) in [6.07, 6.45) is 2.35. The first-order valence-electron chi connectivity index (χ1n) is 4.04. The van der Waals surface area contributed by atoms with Crippen LogP contribution >= 0.6 is 0 Å². The van der Waals surface area contributed by atoms with E-state index in [2.05, 4.69) is 15.1 Å². The molecule has 2 aromatic rings. The predicted molar refractivity (Wildman–Crippen MR) is 46.1 cm³/mol. The third kappa shape index (κ3) is 1.90. The van der Waals surface area contributed by atoms with Gasteiger partial charge in [-0.2, -0.15) is 4.98 Å². The predicted octanol–water partition coefficient (Wildman–Crippen LogP) is 1.36. The van der Waals surface area contributed by atoms with Crippen LogP contribution in [0.1, 0.15) is 17.4 Å². The van der Waals surface area contributed by atoms with Crippen LogP contribution in [0.3, 0.4) is 0 Å². The quantitative estimate of drug-likeness (QED) is 0.691. The second-order valence-corrected chi connectivity index (χ2v) is 2.73. The lowest BCUT2D eigenvalue weighted by molar-refractivity contribution is 0.380. The Balaban J connectivity index is 2.15. The summed E-state index contributed by atoms with van der Waals surface area (Å²) < 4.78 is 4.97. The van der Waals surface area contributed by atoms with Gasteiger partial charge in [0.2, 0.25) is 5.89 Å². The van der Waals surface area contributed by atoms with Crippen LogP contribution in [0.5, 0.6) is 0 Å². The molecule has 0 saturated carbocycles. The van der Waals surface area contributed by atoms with Gasteiger partial charge in [-0.3, -0.25) is 4.98 Å². The third-order valence-corrected chi connectivity index (χ3v) is 1.63. The smallest absolute Gasteiger partial charge is 0.232 e. The van der Waals surface area contributed by atoms with E-state index in [-0.39, 0.29) is 0 Å². The summed E-state index contributed by atoms with van der Waals surface area (Å²) in [5.74, 6) is 1.27. The van der Waals surface area contributed by atoms with Gasteiger partial charge in [-0.1, -0.05) is 11.2 Å². The van der Waals surface area contributed by atoms with Crippen LogP contribution in [0.15, 0.2) is 28.9 Å². The molecule has 0 bridgehead atoms. The maximum absolute atomic E-state index is 4.97. The average Bonchev–Trinajstić information content (AvgIpc) is 2.53. The number of pyridine rings is 1. The number of nitrogens with zero attached hydrogens (tertiary/aromatic N) is 3. The van der Waals surface area contributed by atoms with Crippen LogP contribution in [-0.2, 0) is 6.42 Å². The Morgan fingerprint density at radius 2 is 2.31 bits per heavy atom. The van der Waals surface area contributed by atoms with Crippen molar-refractivity contribution in [2.75, 3.05) is 0 Å². The van der Waals surface area contributed by atoms with E-state index in [4.69, 9.17) is 4.52 Å². The Morgan fingerprint density at radius 3 is 2.92 bits per heavy atom. The number of aromatic nitrogens is 3. The van der Waals surface area contributed by atoms with E-state index < -0.39 is 0 Å². The topological polar surface area (TPSA) is 51.8 Å². The second-order valence-electron chi connectivity index (χ2n) is 2.73. The van der Waals surface area contributed by atoms with Gasteiger partial charge in [-0.25, -0.2) is 0 Å². The SMILES string of the molecule is Cc1noc(Cc2ccccn2)n1. The maximum atomic E-state index is 4.97. The van der Waals surface area contributed by atoms with Gasteiger partial charge in [0.1, 0.15) is 0 Å². The van der Waals surface area contributed by atoms with E-state index in [1.165, 1.54) is 0 Å². The van der Waals surface area contributed by atoms with Crippen LogP contribution in [0.4, 0.5) is 0 Å². The van der Waals surface area contributed by atoms with Gasteiger partial charge in [-0.05, 0) is 19.1 Å². The molecule has 13 heavy (non-hydrogen) atoms. The Morgan fingerprint density at radius 1 is 1.38 bits per heavy atom. The lowest BCUT2D eigenvalue weighted by Crippen LogP contribution is -1.90. The van der Waals surface area contributed by atoms with Crippen molar-refractivity contribution in [1.29, 1.82) is 0 Å². The molecule has 0 spiro atoms.